The molecule has 4 aromatic rings. The molecule has 11 atom stereocenters. The number of ether oxygens (including phenoxy) is 2. The molecule has 24 nitrogen and oxygen atoms in total. The number of hydrogen-bond acceptors (Lipinski definition) is 21. The van der Waals surface area contributed by atoms with Gasteiger partial charge in [0.05, 0.1) is 25.9 Å². The number of thiol groups is 1. The van der Waals surface area contributed by atoms with Crippen LogP contribution >= 0.6 is 33.6 Å². The van der Waals surface area contributed by atoms with Crippen molar-refractivity contribution in [2.24, 2.45) is 0 Å². The van der Waals surface area contributed by atoms with Crippen molar-refractivity contribution in [1.82, 2.24) is 39.0 Å². The average molecular weight is 789 g/mol. The molecule has 2 saturated heterocycles. The minimum absolute atomic E-state index is 0.0536. The second-order valence-corrected chi connectivity index (χ2v) is 17.9. The van der Waals surface area contributed by atoms with E-state index in [1.165, 1.54) is 21.8 Å². The molecule has 4 aromatic heterocycles. The molecule has 29 heteroatoms. The topological polar surface area (TPSA) is 350 Å². The lowest BCUT2D eigenvalue weighted by Crippen LogP contribution is -2.33. The van der Waals surface area contributed by atoms with Crippen LogP contribution in [0.25, 0.3) is 22.3 Å². The van der Waals surface area contributed by atoms with Gasteiger partial charge in [0.15, 0.2) is 35.4 Å². The zero-order chi connectivity index (χ0) is 35.5. The molecule has 3 unspecified atom stereocenters. The Morgan fingerprint density at radius 2 is 1.20 bits per heavy atom. The summed E-state index contributed by atoms with van der Waals surface area (Å²) in [7, 11) is -5.56. The van der Waals surface area contributed by atoms with E-state index >= 15 is 0 Å². The molecule has 6 rings (SSSR count). The van der Waals surface area contributed by atoms with Crippen LogP contribution in [0.1, 0.15) is 12.5 Å². The van der Waals surface area contributed by atoms with Gasteiger partial charge in [0.1, 0.15) is 60.3 Å². The van der Waals surface area contributed by atoms with E-state index < -0.39 is 83.6 Å². The smallest absolute Gasteiger partial charge is 0.387 e. The Labute approximate surface area is 283 Å². The van der Waals surface area contributed by atoms with Crippen LogP contribution < -0.4 is 11.5 Å². The molecule has 2 aliphatic heterocycles. The van der Waals surface area contributed by atoms with Gasteiger partial charge in [0.2, 0.25) is 0 Å². The predicted molar refractivity (Wildman–Crippen MR) is 168 cm³/mol. The fourth-order valence-corrected chi connectivity index (χ4v) is 10.5. The Morgan fingerprint density at radius 1 is 0.755 bits per heavy atom. The molecule has 0 spiro atoms. The van der Waals surface area contributed by atoms with Crippen molar-refractivity contribution in [2.75, 3.05) is 24.7 Å². The number of nitrogens with zero attached hydrogens (tertiary/aromatic N) is 8. The fourth-order valence-electron chi connectivity index (χ4n) is 4.96. The first kappa shape index (κ1) is 36.5. The van der Waals surface area contributed by atoms with E-state index in [-0.39, 0.29) is 34.0 Å². The zero-order valence-corrected chi connectivity index (χ0v) is 28.6. The quantitative estimate of drug-likeness (QED) is 0.0582. The third kappa shape index (κ3) is 7.52. The number of imidazole rings is 2. The number of aliphatic hydroxyl groups excluding tert-OH is 4. The van der Waals surface area contributed by atoms with Crippen molar-refractivity contribution in [2.45, 2.75) is 49.1 Å². The predicted octanol–water partition coefficient (Wildman–Crippen LogP) is -1.51. The highest BCUT2D eigenvalue weighted by atomic mass is 32.7. The highest BCUT2D eigenvalue weighted by molar-refractivity contribution is 8.45. The first-order valence-electron chi connectivity index (χ1n) is 13.6. The van der Waals surface area contributed by atoms with E-state index in [2.05, 4.69) is 50.8 Å². The SMILES string of the molecule is Nc1ncnc2c1ncn2[C@@H]1O[C@H](COP(=O)(S)OP(=O)(O)OP(O)(=S)OC[C@H]2O[C@@H](n3cnc4c(N)ncnc43)[C@H](O)[C@@H]2O)[C@@H](O)[C@H]1O. The molecule has 2 aliphatic rings. The van der Waals surface area contributed by atoms with Crippen LogP contribution in [0.5, 0.6) is 0 Å². The van der Waals surface area contributed by atoms with Gasteiger partial charge >= 0.3 is 21.3 Å². The van der Waals surface area contributed by atoms with Crippen LogP contribution in [-0.4, -0.2) is 119 Å². The largest absolute Gasteiger partial charge is 0.487 e. The Balaban J connectivity index is 1.03. The van der Waals surface area contributed by atoms with E-state index in [1.54, 1.807) is 0 Å². The maximum atomic E-state index is 12.8. The molecule has 6 heterocycles. The number of rotatable bonds is 12. The lowest BCUT2D eigenvalue weighted by molar-refractivity contribution is -0.0488. The lowest BCUT2D eigenvalue weighted by Gasteiger charge is -2.23. The Hall–Kier alpha value is -2.32. The minimum atomic E-state index is -5.56. The number of nitrogens with two attached hydrogens (primary N) is 2. The van der Waals surface area contributed by atoms with Crippen molar-refractivity contribution in [3.63, 3.8) is 0 Å². The Bertz CT molecular complexity index is 1870. The van der Waals surface area contributed by atoms with Gasteiger partial charge in [-0.15, -0.1) is 0 Å². The molecule has 0 saturated carbocycles. The summed E-state index contributed by atoms with van der Waals surface area (Å²) >= 11 is 8.36. The molecule has 10 N–H and O–H groups in total. The first-order chi connectivity index (χ1) is 23.0. The van der Waals surface area contributed by atoms with Gasteiger partial charge in [0.25, 0.3) is 0 Å². The van der Waals surface area contributed by atoms with Crippen molar-refractivity contribution >= 4 is 79.4 Å². The highest BCUT2D eigenvalue weighted by Crippen LogP contribution is 2.71. The molecular weight excluding hydrogens is 761 g/mol. The number of hydrogen-bond donors (Lipinski definition) is 9. The minimum Gasteiger partial charge on any atom is -0.387 e. The third-order valence-corrected chi connectivity index (χ3v) is 13.4. The molecule has 2 fully saturated rings. The number of nitrogen functional groups attached to an aromatic ring is 2. The summed E-state index contributed by atoms with van der Waals surface area (Å²) in [5.41, 5.74) is 12.3. The summed E-state index contributed by atoms with van der Waals surface area (Å²) in [6.07, 6.45) is -6.88. The van der Waals surface area contributed by atoms with Crippen molar-refractivity contribution in [1.29, 1.82) is 0 Å². The number of phosphoric acid groups is 1. The second kappa shape index (κ2) is 13.7. The lowest BCUT2D eigenvalue weighted by atomic mass is 10.1. The number of aromatic nitrogens is 8. The number of anilines is 2. The van der Waals surface area contributed by atoms with Crippen LogP contribution in [0.15, 0.2) is 25.3 Å². The molecule has 49 heavy (non-hydrogen) atoms. The highest BCUT2D eigenvalue weighted by Gasteiger charge is 2.48. The normalized spacial score (nSPS) is 31.2. The molecular formula is C20H27N10O14P3S2. The fraction of sp³-hybridized carbons (Fsp3) is 0.500. The third-order valence-electron chi connectivity index (χ3n) is 7.21. The number of aliphatic hydroxyl groups is 4. The van der Waals surface area contributed by atoms with E-state index in [9.17, 15) is 39.3 Å². The van der Waals surface area contributed by atoms with Crippen LogP contribution in [0, 0.1) is 0 Å². The monoisotopic (exact) mass is 788 g/mol. The maximum absolute atomic E-state index is 12.8. The van der Waals surface area contributed by atoms with Gasteiger partial charge in [-0.3, -0.25) is 13.7 Å². The summed E-state index contributed by atoms with van der Waals surface area (Å²) in [4.78, 5) is 44.4. The molecule has 0 bridgehead atoms. The van der Waals surface area contributed by atoms with Gasteiger partial charge in [-0.2, -0.15) is 4.31 Å². The van der Waals surface area contributed by atoms with Gasteiger partial charge in [-0.1, -0.05) is 12.2 Å². The maximum Gasteiger partial charge on any atom is 0.487 e. The first-order valence-corrected chi connectivity index (χ1v) is 20.3. The molecule has 0 amide bonds. The van der Waals surface area contributed by atoms with Gasteiger partial charge in [-0.05, 0) is 11.8 Å². The van der Waals surface area contributed by atoms with E-state index in [1.807, 2.05) is 0 Å². The van der Waals surface area contributed by atoms with Crippen LogP contribution in [-0.2, 0) is 48.1 Å². The van der Waals surface area contributed by atoms with Crippen LogP contribution in [0.3, 0.4) is 0 Å². The van der Waals surface area contributed by atoms with Gasteiger partial charge in [-0.25, -0.2) is 43.3 Å². The number of fused-ring (bicyclic) bond motifs is 2. The van der Waals surface area contributed by atoms with Crippen molar-refractivity contribution in [3.8, 4) is 0 Å². The van der Waals surface area contributed by atoms with Crippen LogP contribution in [0.4, 0.5) is 11.6 Å². The summed E-state index contributed by atoms with van der Waals surface area (Å²) in [5.74, 6) is 0.109. The Kier molecular flexibility index (Phi) is 10.2. The van der Waals surface area contributed by atoms with E-state index in [4.69, 9.17) is 41.8 Å². The van der Waals surface area contributed by atoms with Crippen LogP contribution in [0.2, 0.25) is 0 Å². The summed E-state index contributed by atoms with van der Waals surface area (Å²) in [6.45, 7) is -11.1. The van der Waals surface area contributed by atoms with Gasteiger partial charge < -0.3 is 55.7 Å². The Morgan fingerprint density at radius 3 is 1.67 bits per heavy atom. The average Bonchev–Trinajstić information content (AvgIpc) is 3.77. The standard InChI is InChI=1S/C20H27N10O14P3S2/c21-15-9-17(25-3-23-15)29(5-27-9)19-13(33)11(31)7(41-19)1-39-46(37,48)43-45(35,36)44-47(38,49)40-2-8-12(32)14(34)20(42-8)30-6-28-10-16(22)24-4-26-18(10)30/h3-8,11-14,19-20,31-34H,1-2H2,(H,35,36)(H,37,48)(H,38,49)(H2,21,23,25)(H2,22,24,26)/t7-,8-,11-,12-,13-,14-,19-,20-,46?,47?/m1/s1. The van der Waals surface area contributed by atoms with Crippen molar-refractivity contribution < 1.29 is 66.5 Å². The molecule has 0 aliphatic carbocycles. The van der Waals surface area contributed by atoms with E-state index in [0.29, 0.717) is 0 Å². The van der Waals surface area contributed by atoms with Gasteiger partial charge in [0, 0.05) is 0 Å². The van der Waals surface area contributed by atoms with E-state index in [0.717, 1.165) is 12.7 Å². The zero-order valence-electron chi connectivity index (χ0n) is 24.2. The molecule has 0 radical (unpaired) electrons. The summed E-state index contributed by atoms with van der Waals surface area (Å²) in [6, 6.07) is 0. The summed E-state index contributed by atoms with van der Waals surface area (Å²) in [5, 5.41) is 42.1. The summed E-state index contributed by atoms with van der Waals surface area (Å²) < 4.78 is 58.2. The molecule has 0 aromatic carbocycles. The van der Waals surface area contributed by atoms with Crippen molar-refractivity contribution in [3.05, 3.63) is 25.3 Å². The molecule has 268 valence electrons. The second-order valence-electron chi connectivity index (χ2n) is 10.4.